The van der Waals surface area contributed by atoms with Gasteiger partial charge in [0.15, 0.2) is 5.58 Å². The van der Waals surface area contributed by atoms with Crippen LogP contribution in [0.15, 0.2) is 197 Å². The van der Waals surface area contributed by atoms with Gasteiger partial charge in [-0.05, 0) is 100.0 Å². The van der Waals surface area contributed by atoms with Crippen molar-refractivity contribution in [2.24, 2.45) is 4.99 Å². The van der Waals surface area contributed by atoms with Gasteiger partial charge in [0, 0.05) is 47.8 Å². The van der Waals surface area contributed by atoms with Crippen molar-refractivity contribution in [3.8, 4) is 33.5 Å². The second kappa shape index (κ2) is 13.2. The van der Waals surface area contributed by atoms with Crippen LogP contribution >= 0.6 is 11.3 Å². The van der Waals surface area contributed by atoms with E-state index in [0.29, 0.717) is 0 Å². The molecule has 1 unspecified atom stereocenters. The average Bonchev–Trinajstić information content (AvgIpc) is 3.87. The molecule has 3 aromatic heterocycles. The molecule has 4 heterocycles. The highest BCUT2D eigenvalue weighted by Crippen LogP contribution is 2.43. The Morgan fingerprint density at radius 1 is 0.483 bits per heavy atom. The summed E-state index contributed by atoms with van der Waals surface area (Å²) in [4.78, 5) is 10.6. The van der Waals surface area contributed by atoms with Gasteiger partial charge in [-0.15, -0.1) is 11.3 Å². The molecule has 0 saturated heterocycles. The minimum Gasteiger partial charge on any atom is -0.454 e. The number of aromatic nitrogens is 1. The predicted octanol–water partition coefficient (Wildman–Crippen LogP) is 15.0. The fourth-order valence-corrected chi connectivity index (χ4v) is 10.1. The Balaban J connectivity index is 1.04. The maximum atomic E-state index is 6.71. The zero-order chi connectivity index (χ0) is 38.2. The number of furan rings is 1. The van der Waals surface area contributed by atoms with Gasteiger partial charge >= 0.3 is 0 Å². The third-order valence-corrected chi connectivity index (χ3v) is 13.0. The molecule has 0 spiro atoms. The Labute approximate surface area is 339 Å². The van der Waals surface area contributed by atoms with Crippen LogP contribution in [0.4, 0.5) is 5.69 Å². The van der Waals surface area contributed by atoms with Crippen molar-refractivity contribution >= 4 is 75.7 Å². The summed E-state index contributed by atoms with van der Waals surface area (Å²) in [5.74, 6) is 0.142. The minimum atomic E-state index is 0.142. The normalized spacial score (nSPS) is 14.1. The van der Waals surface area contributed by atoms with Crippen molar-refractivity contribution in [1.82, 2.24) is 4.98 Å². The molecule has 11 aromatic rings. The Morgan fingerprint density at radius 3 is 2.03 bits per heavy atom. The number of para-hydroxylation sites is 3. The Kier molecular flexibility index (Phi) is 7.54. The fourth-order valence-electron chi connectivity index (χ4n) is 9.01. The molecule has 0 radical (unpaired) electrons. The van der Waals surface area contributed by atoms with Crippen LogP contribution in [0.3, 0.4) is 0 Å². The lowest BCUT2D eigenvalue weighted by Gasteiger charge is -2.26. The zero-order valence-electron chi connectivity index (χ0n) is 31.4. The van der Waals surface area contributed by atoms with Crippen LogP contribution in [0.25, 0.3) is 86.5 Å². The number of rotatable bonds is 5. The summed E-state index contributed by atoms with van der Waals surface area (Å²) in [5.41, 5.74) is 14.9. The molecule has 0 amide bonds. The van der Waals surface area contributed by atoms with Crippen LogP contribution in [-0.2, 0) is 6.42 Å². The van der Waals surface area contributed by atoms with Crippen molar-refractivity contribution in [2.45, 2.75) is 12.3 Å². The van der Waals surface area contributed by atoms with Crippen molar-refractivity contribution < 1.29 is 4.42 Å². The highest BCUT2D eigenvalue weighted by Gasteiger charge is 2.26. The highest BCUT2D eigenvalue weighted by molar-refractivity contribution is 7.25. The van der Waals surface area contributed by atoms with Crippen LogP contribution in [0, 0.1) is 0 Å². The average molecular weight is 759 g/mol. The van der Waals surface area contributed by atoms with Crippen LogP contribution in [0.5, 0.6) is 0 Å². The van der Waals surface area contributed by atoms with Crippen LogP contribution in [-0.4, -0.2) is 10.7 Å². The molecule has 0 aliphatic carbocycles. The Bertz CT molecular complexity index is 3430. The van der Waals surface area contributed by atoms with Gasteiger partial charge in [0.2, 0.25) is 0 Å². The maximum Gasteiger partial charge on any atom is 0.162 e. The summed E-state index contributed by atoms with van der Waals surface area (Å²) in [6, 6.07) is 67.6. The first-order valence-electron chi connectivity index (χ1n) is 19.8. The first-order valence-corrected chi connectivity index (χ1v) is 20.6. The van der Waals surface area contributed by atoms with E-state index in [1.807, 2.05) is 17.4 Å². The Hall–Kier alpha value is -7.14. The van der Waals surface area contributed by atoms with Gasteiger partial charge in [-0.1, -0.05) is 133 Å². The largest absolute Gasteiger partial charge is 0.454 e. The predicted molar refractivity (Wildman–Crippen MR) is 244 cm³/mol. The number of nitrogens with zero attached hydrogens (tertiary/aromatic N) is 2. The summed E-state index contributed by atoms with van der Waals surface area (Å²) in [6.45, 7) is 0. The Morgan fingerprint density at radius 2 is 1.16 bits per heavy atom. The lowest BCUT2D eigenvalue weighted by molar-refractivity contribution is 0.669. The summed E-state index contributed by atoms with van der Waals surface area (Å²) in [7, 11) is 0. The van der Waals surface area contributed by atoms with E-state index in [0.717, 1.165) is 78.6 Å². The third kappa shape index (κ3) is 5.41. The molecular formula is C54H34N2OS. The van der Waals surface area contributed by atoms with Crippen LogP contribution in [0.2, 0.25) is 0 Å². The van der Waals surface area contributed by atoms with Gasteiger partial charge in [0.25, 0.3) is 0 Å². The van der Waals surface area contributed by atoms with E-state index in [1.165, 1.54) is 42.4 Å². The number of hydrogen-bond donors (Lipinski definition) is 0. The number of fused-ring (bicyclic) bond motifs is 9. The molecule has 3 nitrogen and oxygen atoms in total. The van der Waals surface area contributed by atoms with Crippen molar-refractivity contribution in [1.29, 1.82) is 0 Å². The SMILES string of the molecule is c1ccc(C2=Nc3ccccc3CC2c2ccc(-c3cc(-c4ccc5sc6ccccc6c5c4)cc(-c4nc5ccccc5c5c4oc4ccccc45)c3)cc2)cc1. The quantitative estimate of drug-likeness (QED) is 0.175. The molecule has 1 aliphatic rings. The van der Waals surface area contributed by atoms with E-state index < -0.39 is 0 Å². The van der Waals surface area contributed by atoms with E-state index in [4.69, 9.17) is 14.4 Å². The van der Waals surface area contributed by atoms with E-state index in [1.54, 1.807) is 0 Å². The molecule has 8 aromatic carbocycles. The van der Waals surface area contributed by atoms with Gasteiger partial charge in [-0.3, -0.25) is 4.99 Å². The van der Waals surface area contributed by atoms with E-state index in [2.05, 4.69) is 182 Å². The topological polar surface area (TPSA) is 38.4 Å². The summed E-state index contributed by atoms with van der Waals surface area (Å²) >= 11 is 1.85. The van der Waals surface area contributed by atoms with Gasteiger partial charge < -0.3 is 4.42 Å². The lowest BCUT2D eigenvalue weighted by Crippen LogP contribution is -2.20. The minimum absolute atomic E-state index is 0.142. The number of benzene rings is 8. The van der Waals surface area contributed by atoms with E-state index >= 15 is 0 Å². The molecule has 1 atom stereocenters. The van der Waals surface area contributed by atoms with Crippen molar-refractivity contribution in [2.75, 3.05) is 0 Å². The first-order chi connectivity index (χ1) is 28.7. The lowest BCUT2D eigenvalue weighted by atomic mass is 9.82. The maximum absolute atomic E-state index is 6.71. The van der Waals surface area contributed by atoms with Gasteiger partial charge in [-0.25, -0.2) is 4.98 Å². The van der Waals surface area contributed by atoms with E-state index in [9.17, 15) is 0 Å². The number of pyridine rings is 1. The molecule has 4 heteroatoms. The number of aliphatic imine (C=N–C) groups is 1. The second-order valence-electron chi connectivity index (χ2n) is 15.3. The highest BCUT2D eigenvalue weighted by atomic mass is 32.1. The molecule has 0 saturated carbocycles. The summed E-state index contributed by atoms with van der Waals surface area (Å²) < 4.78 is 9.31. The zero-order valence-corrected chi connectivity index (χ0v) is 32.2. The monoisotopic (exact) mass is 758 g/mol. The standard InChI is InChI=1S/C54H34N2OS/c1-2-12-35(13-3-1)52-44(32-37-14-4-8-18-46(37)55-52)34-24-22-33(23-25-34)38-28-39(36-26-27-50-45(31-36)41-15-7-11-21-49(41)58-50)30-40(29-38)53-54-51(42-16-5-9-19-47(42)56-53)43-17-6-10-20-48(43)57-54/h1-31,44H,32H2. The van der Waals surface area contributed by atoms with Crippen LogP contribution < -0.4 is 0 Å². The second-order valence-corrected chi connectivity index (χ2v) is 16.3. The van der Waals surface area contributed by atoms with Gasteiger partial charge in [0.05, 0.1) is 16.9 Å². The molecule has 12 rings (SSSR count). The first kappa shape index (κ1) is 33.0. The molecule has 58 heavy (non-hydrogen) atoms. The van der Waals surface area contributed by atoms with Crippen molar-refractivity contribution in [3.05, 3.63) is 205 Å². The molecule has 1 aliphatic heterocycles. The molecule has 0 bridgehead atoms. The molecule has 0 N–H and O–H groups in total. The summed E-state index contributed by atoms with van der Waals surface area (Å²) in [5, 5.41) is 5.87. The van der Waals surface area contributed by atoms with Gasteiger partial charge in [0.1, 0.15) is 11.3 Å². The molecule has 0 fully saturated rings. The molecular weight excluding hydrogens is 725 g/mol. The van der Waals surface area contributed by atoms with E-state index in [-0.39, 0.29) is 5.92 Å². The fraction of sp³-hybridized carbons (Fsp3) is 0.0370. The summed E-state index contributed by atoms with van der Waals surface area (Å²) in [6.07, 6.45) is 0.907. The third-order valence-electron chi connectivity index (χ3n) is 11.8. The smallest absolute Gasteiger partial charge is 0.162 e. The number of thiophene rings is 1. The van der Waals surface area contributed by atoms with Crippen LogP contribution in [0.1, 0.15) is 22.6 Å². The van der Waals surface area contributed by atoms with Crippen molar-refractivity contribution in [3.63, 3.8) is 0 Å². The van der Waals surface area contributed by atoms with Gasteiger partial charge in [-0.2, -0.15) is 0 Å². The number of hydrogen-bond acceptors (Lipinski definition) is 4. The molecule has 272 valence electrons.